The molecule has 14 heteroatoms. The van der Waals surface area contributed by atoms with Crippen molar-refractivity contribution < 1.29 is 66.6 Å². The normalized spacial score (nSPS) is 11.2. The monoisotopic (exact) mass is 899 g/mol. The summed E-state index contributed by atoms with van der Waals surface area (Å²) >= 11 is 0. The van der Waals surface area contributed by atoms with E-state index >= 15 is 0 Å². The summed E-state index contributed by atoms with van der Waals surface area (Å²) in [6.45, 7) is 23.5. The number of amidine groups is 3. The van der Waals surface area contributed by atoms with Gasteiger partial charge in [-0.15, -0.1) is 0 Å². The Hall–Kier alpha value is -5.01. The van der Waals surface area contributed by atoms with E-state index in [0.717, 1.165) is 17.5 Å². The third-order valence-corrected chi connectivity index (χ3v) is 7.69. The molecular weight excluding hydrogens is 837 g/mol. The van der Waals surface area contributed by atoms with Crippen LogP contribution in [-0.4, -0.2) is 58.0 Å². The fourth-order valence-electron chi connectivity index (χ4n) is 5.04. The zero-order valence-corrected chi connectivity index (χ0v) is 39.5. The molecule has 0 aliphatic heterocycles. The van der Waals surface area contributed by atoms with Gasteiger partial charge in [0.15, 0.2) is 5.78 Å². The quantitative estimate of drug-likeness (QED) is 0.0401. The van der Waals surface area contributed by atoms with E-state index < -0.39 is 35.0 Å². The van der Waals surface area contributed by atoms with Crippen molar-refractivity contribution in [2.45, 2.75) is 101 Å². The van der Waals surface area contributed by atoms with Crippen LogP contribution in [-0.2, 0) is 80.7 Å². The molecule has 0 fully saturated rings. The number of carboxylic acid groups (broad SMARTS) is 1. The van der Waals surface area contributed by atoms with Crippen molar-refractivity contribution in [3.05, 3.63) is 113 Å². The molecule has 0 amide bonds. The second-order valence-electron chi connectivity index (χ2n) is 17.7. The summed E-state index contributed by atoms with van der Waals surface area (Å²) < 4.78 is 0. The Morgan fingerprint density at radius 1 is 0.683 bits per heavy atom. The molecule has 0 saturated heterocycles. The van der Waals surface area contributed by atoms with Crippen LogP contribution < -0.4 is 17.2 Å². The van der Waals surface area contributed by atoms with Gasteiger partial charge in [-0.3, -0.25) is 30.6 Å². The van der Waals surface area contributed by atoms with Gasteiger partial charge in [-0.25, -0.2) is 4.79 Å². The van der Waals surface area contributed by atoms with Crippen LogP contribution in [0.1, 0.15) is 121 Å². The molecule has 0 heterocycles. The predicted molar refractivity (Wildman–Crippen MR) is 234 cm³/mol. The summed E-state index contributed by atoms with van der Waals surface area (Å²) in [6, 6.07) is 18.5. The van der Waals surface area contributed by atoms with Gasteiger partial charge >= 0.3 is 5.97 Å². The maximum Gasteiger partial charge on any atom is 0.372 e. The Morgan fingerprint density at radius 3 is 1.45 bits per heavy atom. The topological polar surface area (TPSA) is 272 Å². The maximum atomic E-state index is 11.9. The standard InChI is InChI=1S/C16H22N2O2.C15H20N2O3.C10H9N2O2.C5H11.Y/c1-10(19)14(20)8-11-5-6-12(15(17)18)7-13(11)9-16(2,3)4;1-15(2,3)8-11(12(18)14(19)20)9-4-6-10(7-5-9)13(16)17;11-10(12)8-3-1-7(2-4-8)5-9(14)6-13;1-5(2,3)4;/h5-7H,8-9H2,1-4H3,(H3,17,18);4-7,11H,8H2,1-3H3,(H3,16,17)(H,19,20);1-4H,5H2,(H3,11,12);1H2,2-4H3;/q;;2*-1;. The maximum absolute atomic E-state index is 11.9. The molecule has 0 saturated carbocycles. The first-order chi connectivity index (χ1) is 26.8. The average Bonchev–Trinajstić information content (AvgIpc) is 3.10. The number of Topliss-reactive ketones (excluding diaryl/α,β-unsaturated/α-hetero) is 4. The summed E-state index contributed by atoms with van der Waals surface area (Å²) in [7, 11) is 0. The van der Waals surface area contributed by atoms with E-state index in [-0.39, 0.29) is 79.3 Å². The van der Waals surface area contributed by atoms with E-state index in [1.54, 1.807) is 60.7 Å². The first-order valence-electron chi connectivity index (χ1n) is 18.8. The zero-order chi connectivity index (χ0) is 46.1. The van der Waals surface area contributed by atoms with Crippen LogP contribution in [0.4, 0.5) is 0 Å². The Labute approximate surface area is 380 Å². The van der Waals surface area contributed by atoms with Crippen molar-refractivity contribution >= 4 is 52.9 Å². The number of carboxylic acids is 1. The largest absolute Gasteiger partial charge is 0.534 e. The molecule has 0 aliphatic rings. The molecule has 323 valence electrons. The fourth-order valence-corrected chi connectivity index (χ4v) is 5.04. The minimum absolute atomic E-state index is 0. The van der Waals surface area contributed by atoms with E-state index in [1.165, 1.54) is 13.2 Å². The fraction of sp³-hybridized carbons (Fsp3) is 0.391. The summed E-state index contributed by atoms with van der Waals surface area (Å²) in [5, 5.41) is 30.9. The first kappa shape index (κ1) is 57.1. The van der Waals surface area contributed by atoms with Gasteiger partial charge in [-0.2, -0.15) is 11.7 Å². The molecule has 1 unspecified atom stereocenters. The predicted octanol–water partition coefficient (Wildman–Crippen LogP) is 6.46. The molecule has 0 spiro atoms. The Kier molecular flexibility index (Phi) is 24.3. The van der Waals surface area contributed by atoms with Crippen LogP contribution in [0.25, 0.3) is 0 Å². The second kappa shape index (κ2) is 25.6. The minimum atomic E-state index is -1.42. The van der Waals surface area contributed by atoms with E-state index in [0.29, 0.717) is 34.2 Å². The molecule has 1 atom stereocenters. The Balaban J connectivity index is 0. The van der Waals surface area contributed by atoms with Gasteiger partial charge < -0.3 is 38.8 Å². The molecule has 3 aromatic carbocycles. The van der Waals surface area contributed by atoms with E-state index in [1.807, 2.05) is 26.8 Å². The Bertz CT molecular complexity index is 1980. The van der Waals surface area contributed by atoms with E-state index in [4.69, 9.17) is 38.5 Å². The zero-order valence-electron chi connectivity index (χ0n) is 36.7. The molecule has 60 heavy (non-hydrogen) atoms. The number of nitrogens with one attached hydrogen (secondary N) is 3. The van der Waals surface area contributed by atoms with Gasteiger partial charge in [-0.1, -0.05) is 123 Å². The first-order valence-corrected chi connectivity index (χ1v) is 18.8. The second-order valence-corrected chi connectivity index (χ2v) is 17.7. The third-order valence-electron chi connectivity index (χ3n) is 7.69. The molecule has 3 rings (SSSR count). The van der Waals surface area contributed by atoms with Crippen LogP contribution in [0.5, 0.6) is 0 Å². The Morgan fingerprint density at radius 2 is 1.10 bits per heavy atom. The summed E-state index contributed by atoms with van der Waals surface area (Å²) in [4.78, 5) is 66.3. The van der Waals surface area contributed by atoms with Gasteiger partial charge in [0.2, 0.25) is 11.6 Å². The van der Waals surface area contributed by atoms with Crippen LogP contribution >= 0.6 is 0 Å². The molecule has 0 aromatic heterocycles. The van der Waals surface area contributed by atoms with Gasteiger partial charge in [0.1, 0.15) is 17.5 Å². The number of nitrogen functional groups attached to an aromatic ring is 3. The van der Waals surface area contributed by atoms with Crippen LogP contribution in [0.3, 0.4) is 0 Å². The third kappa shape index (κ3) is 24.8. The van der Waals surface area contributed by atoms with Crippen LogP contribution in [0.15, 0.2) is 66.7 Å². The van der Waals surface area contributed by atoms with E-state index in [2.05, 4.69) is 48.5 Å². The average molecular weight is 900 g/mol. The van der Waals surface area contributed by atoms with Gasteiger partial charge in [-0.05, 0) is 52.0 Å². The van der Waals surface area contributed by atoms with Crippen molar-refractivity contribution in [2.24, 2.45) is 33.4 Å². The number of hydrogen-bond acceptors (Lipinski definition) is 9. The summed E-state index contributed by atoms with van der Waals surface area (Å²) in [5.74, 6) is -4.40. The van der Waals surface area contributed by atoms with Gasteiger partial charge in [0, 0.05) is 74.9 Å². The number of carbonyl (C=O) groups excluding carboxylic acids is 5. The number of benzene rings is 3. The van der Waals surface area contributed by atoms with Gasteiger partial charge in [0.25, 0.3) is 0 Å². The van der Waals surface area contributed by atoms with Crippen LogP contribution in [0, 0.1) is 39.4 Å². The molecule has 10 N–H and O–H groups in total. The van der Waals surface area contributed by atoms with Crippen molar-refractivity contribution in [2.75, 3.05) is 0 Å². The number of ketones is 4. The summed E-state index contributed by atoms with van der Waals surface area (Å²) in [5.41, 5.74) is 21.2. The van der Waals surface area contributed by atoms with E-state index in [9.17, 15) is 28.8 Å². The number of nitrogens with two attached hydrogens (primary N) is 3. The van der Waals surface area contributed by atoms with Crippen molar-refractivity contribution in [1.29, 1.82) is 16.2 Å². The van der Waals surface area contributed by atoms with Gasteiger partial charge in [0.05, 0.1) is 5.92 Å². The van der Waals surface area contributed by atoms with Crippen LogP contribution in [0.2, 0.25) is 0 Å². The molecule has 13 nitrogen and oxygen atoms in total. The molecular formula is C46H62N6O7Y-2. The number of aliphatic carboxylic acids is 1. The minimum Gasteiger partial charge on any atom is -0.534 e. The molecule has 3 aromatic rings. The summed E-state index contributed by atoms with van der Waals surface area (Å²) in [6.07, 6.45) is 2.65. The van der Waals surface area contributed by atoms with Crippen molar-refractivity contribution in [3.8, 4) is 0 Å². The number of rotatable bonds is 14. The SMILES string of the molecule is CC(=O)C(=O)Cc1ccc(C(=N)N)cc1CC(C)(C)C.CC(C)(C)CC(C(=O)C(=O)O)c1ccc(C(=N)N)cc1.N=C(N)c1ccc(CC(=O)[C-]=O)cc1.[CH2-]C(C)(C)C.[Y]. The number of carbonyl (C=O) groups is 5. The number of hydrogen-bond donors (Lipinski definition) is 7. The molecule has 1 radical (unpaired) electrons. The smallest absolute Gasteiger partial charge is 0.372 e. The van der Waals surface area contributed by atoms with Crippen molar-refractivity contribution in [3.63, 3.8) is 0 Å². The molecule has 0 aliphatic carbocycles. The van der Waals surface area contributed by atoms with Crippen molar-refractivity contribution in [1.82, 2.24) is 0 Å². The molecule has 0 bridgehead atoms.